The average molecular weight is 258 g/mol. The fraction of sp³-hybridized carbons (Fsp3) is 0.647. The molecule has 0 radical (unpaired) electrons. The van der Waals surface area contributed by atoms with Crippen LogP contribution < -0.4 is 10.2 Å². The summed E-state index contributed by atoms with van der Waals surface area (Å²) < 4.78 is 0. The molecule has 1 saturated carbocycles. The molecule has 2 heteroatoms. The SMILES string of the molecule is CC1CN(c2ccc(C(C)C)cc2)CC2(CC2)CN1. The van der Waals surface area contributed by atoms with Crippen LogP contribution in [0.2, 0.25) is 0 Å². The predicted octanol–water partition coefficient (Wildman–Crippen LogP) is 3.39. The molecule has 1 unspecified atom stereocenters. The molecule has 2 fully saturated rings. The highest BCUT2D eigenvalue weighted by molar-refractivity contribution is 5.49. The molecule has 104 valence electrons. The van der Waals surface area contributed by atoms with Gasteiger partial charge >= 0.3 is 0 Å². The van der Waals surface area contributed by atoms with E-state index in [9.17, 15) is 0 Å². The van der Waals surface area contributed by atoms with Crippen molar-refractivity contribution in [3.05, 3.63) is 29.8 Å². The van der Waals surface area contributed by atoms with E-state index in [2.05, 4.69) is 55.3 Å². The van der Waals surface area contributed by atoms with Gasteiger partial charge in [0.2, 0.25) is 0 Å². The number of benzene rings is 1. The number of anilines is 1. The molecule has 1 spiro atoms. The molecule has 1 aromatic rings. The van der Waals surface area contributed by atoms with Crippen LogP contribution in [-0.4, -0.2) is 25.7 Å². The molecule has 0 aromatic heterocycles. The Labute approximate surface area is 117 Å². The molecule has 1 saturated heterocycles. The highest BCUT2D eigenvalue weighted by Crippen LogP contribution is 2.47. The molecule has 19 heavy (non-hydrogen) atoms. The van der Waals surface area contributed by atoms with Crippen molar-refractivity contribution in [3.63, 3.8) is 0 Å². The highest BCUT2D eigenvalue weighted by atomic mass is 15.2. The van der Waals surface area contributed by atoms with Crippen LogP contribution in [0.25, 0.3) is 0 Å². The van der Waals surface area contributed by atoms with E-state index in [1.807, 2.05) is 0 Å². The first-order chi connectivity index (χ1) is 9.08. The van der Waals surface area contributed by atoms with E-state index in [4.69, 9.17) is 0 Å². The molecule has 0 bridgehead atoms. The fourth-order valence-corrected chi connectivity index (χ4v) is 3.09. The van der Waals surface area contributed by atoms with Crippen LogP contribution in [0.4, 0.5) is 5.69 Å². The summed E-state index contributed by atoms with van der Waals surface area (Å²) in [6.07, 6.45) is 2.79. The van der Waals surface area contributed by atoms with Crippen LogP contribution in [0.3, 0.4) is 0 Å². The molecule has 1 atom stereocenters. The molecule has 2 nitrogen and oxygen atoms in total. The Morgan fingerprint density at radius 3 is 2.47 bits per heavy atom. The lowest BCUT2D eigenvalue weighted by molar-refractivity contribution is 0.479. The molecule has 1 N–H and O–H groups in total. The van der Waals surface area contributed by atoms with E-state index >= 15 is 0 Å². The van der Waals surface area contributed by atoms with E-state index in [0.717, 1.165) is 6.54 Å². The molecule has 1 aliphatic heterocycles. The summed E-state index contributed by atoms with van der Waals surface area (Å²) in [5.74, 6) is 0.619. The summed E-state index contributed by atoms with van der Waals surface area (Å²) in [6, 6.07) is 9.79. The molecule has 1 aliphatic carbocycles. The van der Waals surface area contributed by atoms with E-state index in [1.54, 1.807) is 0 Å². The van der Waals surface area contributed by atoms with Gasteiger partial charge < -0.3 is 10.2 Å². The van der Waals surface area contributed by atoms with E-state index in [-0.39, 0.29) is 0 Å². The molecule has 1 heterocycles. The standard InChI is InChI=1S/C17H26N2/c1-13(2)15-4-6-16(7-5-15)19-10-14(3)18-11-17(12-19)8-9-17/h4-7,13-14,18H,8-12H2,1-3H3. The second-order valence-corrected chi connectivity index (χ2v) is 6.91. The Morgan fingerprint density at radius 2 is 1.89 bits per heavy atom. The third kappa shape index (κ3) is 2.79. The fourth-order valence-electron chi connectivity index (χ4n) is 3.09. The van der Waals surface area contributed by atoms with Gasteiger partial charge in [0, 0.05) is 36.8 Å². The van der Waals surface area contributed by atoms with Gasteiger partial charge in [-0.2, -0.15) is 0 Å². The first kappa shape index (κ1) is 13.0. The second kappa shape index (κ2) is 4.82. The van der Waals surface area contributed by atoms with Crippen LogP contribution in [0.5, 0.6) is 0 Å². The van der Waals surface area contributed by atoms with Crippen molar-refractivity contribution >= 4 is 5.69 Å². The Bertz CT molecular complexity index is 431. The molecule has 1 aromatic carbocycles. The van der Waals surface area contributed by atoms with Gasteiger partial charge in [-0.25, -0.2) is 0 Å². The number of nitrogens with one attached hydrogen (secondary N) is 1. The van der Waals surface area contributed by atoms with Gasteiger partial charge in [-0.05, 0) is 43.4 Å². The van der Waals surface area contributed by atoms with Crippen molar-refractivity contribution < 1.29 is 0 Å². The predicted molar refractivity (Wildman–Crippen MR) is 81.9 cm³/mol. The number of rotatable bonds is 2. The van der Waals surface area contributed by atoms with Crippen molar-refractivity contribution in [1.29, 1.82) is 0 Å². The molecule has 2 aliphatic rings. The molecule has 0 amide bonds. The second-order valence-electron chi connectivity index (χ2n) is 6.91. The summed E-state index contributed by atoms with van der Waals surface area (Å²) in [7, 11) is 0. The lowest BCUT2D eigenvalue weighted by atomic mass is 10.0. The zero-order valence-electron chi connectivity index (χ0n) is 12.4. The van der Waals surface area contributed by atoms with Gasteiger partial charge in [0.15, 0.2) is 0 Å². The maximum absolute atomic E-state index is 3.68. The van der Waals surface area contributed by atoms with Gasteiger partial charge in [-0.3, -0.25) is 0 Å². The smallest absolute Gasteiger partial charge is 0.0367 e. The molecular weight excluding hydrogens is 232 g/mol. The summed E-state index contributed by atoms with van der Waals surface area (Å²) in [5, 5.41) is 3.68. The molecule has 3 rings (SSSR count). The van der Waals surface area contributed by atoms with Gasteiger partial charge in [-0.1, -0.05) is 26.0 Å². The lowest BCUT2D eigenvalue weighted by Crippen LogP contribution is -2.35. The minimum Gasteiger partial charge on any atom is -0.369 e. The first-order valence-corrected chi connectivity index (χ1v) is 7.66. The van der Waals surface area contributed by atoms with Crippen molar-refractivity contribution in [1.82, 2.24) is 5.32 Å². The van der Waals surface area contributed by atoms with Crippen molar-refractivity contribution in [2.24, 2.45) is 5.41 Å². The van der Waals surface area contributed by atoms with Crippen LogP contribution in [-0.2, 0) is 0 Å². The normalized spacial score (nSPS) is 25.7. The van der Waals surface area contributed by atoms with Gasteiger partial charge in [0.25, 0.3) is 0 Å². The summed E-state index contributed by atoms with van der Waals surface area (Å²) in [6.45, 7) is 10.4. The third-order valence-corrected chi connectivity index (χ3v) is 4.73. The third-order valence-electron chi connectivity index (χ3n) is 4.73. The summed E-state index contributed by atoms with van der Waals surface area (Å²) in [4.78, 5) is 2.59. The minimum atomic E-state index is 0.571. The zero-order valence-corrected chi connectivity index (χ0v) is 12.4. The quantitative estimate of drug-likeness (QED) is 0.875. The van der Waals surface area contributed by atoms with Crippen LogP contribution in [0, 0.1) is 5.41 Å². The maximum Gasteiger partial charge on any atom is 0.0367 e. The largest absolute Gasteiger partial charge is 0.369 e. The Balaban J connectivity index is 1.79. The van der Waals surface area contributed by atoms with E-state index < -0.39 is 0 Å². The Morgan fingerprint density at radius 1 is 1.21 bits per heavy atom. The lowest BCUT2D eigenvalue weighted by Gasteiger charge is -2.27. The Hall–Kier alpha value is -1.02. The Kier molecular flexibility index (Phi) is 3.30. The molecular formula is C17H26N2. The minimum absolute atomic E-state index is 0.571. The maximum atomic E-state index is 3.68. The average Bonchev–Trinajstić information content (AvgIpc) is 3.18. The van der Waals surface area contributed by atoms with Crippen molar-refractivity contribution in [3.8, 4) is 0 Å². The topological polar surface area (TPSA) is 15.3 Å². The number of hydrogen-bond acceptors (Lipinski definition) is 2. The monoisotopic (exact) mass is 258 g/mol. The van der Waals surface area contributed by atoms with E-state index in [0.29, 0.717) is 17.4 Å². The highest BCUT2D eigenvalue weighted by Gasteiger charge is 2.45. The number of nitrogens with zero attached hydrogens (tertiary/aromatic N) is 1. The number of hydrogen-bond donors (Lipinski definition) is 1. The van der Waals surface area contributed by atoms with Crippen LogP contribution in [0.15, 0.2) is 24.3 Å². The van der Waals surface area contributed by atoms with Crippen LogP contribution in [0.1, 0.15) is 45.1 Å². The summed E-state index contributed by atoms with van der Waals surface area (Å²) in [5.41, 5.74) is 3.40. The van der Waals surface area contributed by atoms with E-state index in [1.165, 1.54) is 37.2 Å². The van der Waals surface area contributed by atoms with Crippen molar-refractivity contribution in [2.45, 2.75) is 45.6 Å². The first-order valence-electron chi connectivity index (χ1n) is 7.66. The van der Waals surface area contributed by atoms with Gasteiger partial charge in [-0.15, -0.1) is 0 Å². The zero-order chi connectivity index (χ0) is 13.5. The van der Waals surface area contributed by atoms with Gasteiger partial charge in [0.1, 0.15) is 0 Å². The van der Waals surface area contributed by atoms with Crippen LogP contribution >= 0.6 is 0 Å². The summed E-state index contributed by atoms with van der Waals surface area (Å²) >= 11 is 0. The van der Waals surface area contributed by atoms with Crippen molar-refractivity contribution in [2.75, 3.05) is 24.5 Å². The van der Waals surface area contributed by atoms with Gasteiger partial charge in [0.05, 0.1) is 0 Å².